The third-order valence-corrected chi connectivity index (χ3v) is 3.59. The minimum atomic E-state index is 0.0159. The van der Waals surface area contributed by atoms with Crippen LogP contribution in [0.1, 0.15) is 18.1 Å². The molecule has 0 radical (unpaired) electrons. The van der Waals surface area contributed by atoms with Gasteiger partial charge in [-0.2, -0.15) is 0 Å². The Labute approximate surface area is 103 Å². The molecule has 0 amide bonds. The molecule has 1 unspecified atom stereocenters. The summed E-state index contributed by atoms with van der Waals surface area (Å²) in [4.78, 5) is 2.38. The van der Waals surface area contributed by atoms with Crippen LogP contribution in [0, 0.1) is 6.92 Å². The van der Waals surface area contributed by atoms with E-state index >= 15 is 0 Å². The van der Waals surface area contributed by atoms with Gasteiger partial charge in [-0.1, -0.05) is 17.7 Å². The molecule has 0 aromatic heterocycles. The van der Waals surface area contributed by atoms with Crippen LogP contribution in [0.2, 0.25) is 0 Å². The van der Waals surface area contributed by atoms with Crippen LogP contribution in [-0.2, 0) is 6.42 Å². The number of rotatable bonds is 2. The van der Waals surface area contributed by atoms with E-state index in [2.05, 4.69) is 36.9 Å². The Balaban J connectivity index is 1.60. The Kier molecular flexibility index (Phi) is 2.42. The summed E-state index contributed by atoms with van der Waals surface area (Å²) < 4.78 is 5.95. The zero-order chi connectivity index (χ0) is 12.0. The highest BCUT2D eigenvalue weighted by atomic mass is 16.5. The fourth-order valence-corrected chi connectivity index (χ4v) is 2.94. The van der Waals surface area contributed by atoms with Gasteiger partial charge >= 0.3 is 0 Å². The molecule has 92 valence electrons. The van der Waals surface area contributed by atoms with Gasteiger partial charge in [0, 0.05) is 31.6 Å². The van der Waals surface area contributed by atoms with Gasteiger partial charge < -0.3 is 10.5 Å². The van der Waals surface area contributed by atoms with Crippen LogP contribution in [0.25, 0.3) is 0 Å². The van der Waals surface area contributed by atoms with Crippen molar-refractivity contribution >= 4 is 0 Å². The fraction of sp³-hybridized carbons (Fsp3) is 0.571. The number of benzene rings is 1. The van der Waals surface area contributed by atoms with E-state index in [4.69, 9.17) is 10.5 Å². The van der Waals surface area contributed by atoms with Gasteiger partial charge in [-0.25, -0.2) is 0 Å². The van der Waals surface area contributed by atoms with Crippen molar-refractivity contribution in [2.45, 2.75) is 31.9 Å². The summed E-state index contributed by atoms with van der Waals surface area (Å²) in [6.45, 7) is 7.21. The molecule has 3 rings (SSSR count). The first-order chi connectivity index (χ1) is 8.02. The molecule has 0 bridgehead atoms. The van der Waals surface area contributed by atoms with E-state index in [1.807, 2.05) is 0 Å². The van der Waals surface area contributed by atoms with Crippen molar-refractivity contribution in [1.29, 1.82) is 0 Å². The Morgan fingerprint density at radius 1 is 1.47 bits per heavy atom. The molecule has 2 N–H and O–H groups in total. The highest BCUT2D eigenvalue weighted by molar-refractivity contribution is 5.40. The van der Waals surface area contributed by atoms with Gasteiger partial charge in [0.1, 0.15) is 11.9 Å². The molecule has 2 heterocycles. The average molecular weight is 232 g/mol. The molecule has 0 aliphatic carbocycles. The van der Waals surface area contributed by atoms with E-state index in [1.165, 1.54) is 11.1 Å². The van der Waals surface area contributed by atoms with E-state index in [9.17, 15) is 0 Å². The lowest BCUT2D eigenvalue weighted by Crippen LogP contribution is -2.66. The number of likely N-dealkylation sites (tertiary alicyclic amines) is 1. The number of nitrogens with two attached hydrogens (primary N) is 1. The number of hydrogen-bond donors (Lipinski definition) is 1. The maximum atomic E-state index is 6.01. The monoisotopic (exact) mass is 232 g/mol. The molecular weight excluding hydrogens is 212 g/mol. The molecule has 1 aromatic rings. The van der Waals surface area contributed by atoms with Crippen molar-refractivity contribution in [2.24, 2.45) is 5.73 Å². The van der Waals surface area contributed by atoms with E-state index in [1.54, 1.807) is 0 Å². The largest absolute Gasteiger partial charge is 0.488 e. The summed E-state index contributed by atoms with van der Waals surface area (Å²) in [5.41, 5.74) is 8.69. The van der Waals surface area contributed by atoms with Crippen LogP contribution < -0.4 is 10.5 Å². The lowest BCUT2D eigenvalue weighted by Gasteiger charge is -2.46. The third kappa shape index (κ3) is 2.17. The topological polar surface area (TPSA) is 38.5 Å². The lowest BCUT2D eigenvalue weighted by atomic mass is 9.93. The van der Waals surface area contributed by atoms with Crippen molar-refractivity contribution in [2.75, 3.05) is 19.6 Å². The van der Waals surface area contributed by atoms with Crippen LogP contribution in [0.15, 0.2) is 18.2 Å². The standard InChI is InChI=1S/C14H20N2O/c1-10-3-4-13-11(5-10)6-12(17-13)7-16-8-14(2,15)9-16/h3-5,12H,6-9,15H2,1-2H3. The van der Waals surface area contributed by atoms with Gasteiger partial charge in [0.05, 0.1) is 0 Å². The number of hydrogen-bond acceptors (Lipinski definition) is 3. The normalized spacial score (nSPS) is 26.2. The predicted molar refractivity (Wildman–Crippen MR) is 68.3 cm³/mol. The summed E-state index contributed by atoms with van der Waals surface area (Å²) in [5, 5.41) is 0. The molecule has 1 fully saturated rings. The second-order valence-electron chi connectivity index (χ2n) is 5.88. The Hall–Kier alpha value is -1.06. The first-order valence-corrected chi connectivity index (χ1v) is 6.29. The van der Waals surface area contributed by atoms with Gasteiger partial charge in [-0.15, -0.1) is 0 Å². The summed E-state index contributed by atoms with van der Waals surface area (Å²) in [6, 6.07) is 6.44. The molecule has 17 heavy (non-hydrogen) atoms. The molecule has 1 saturated heterocycles. The molecule has 2 aliphatic rings. The molecule has 1 atom stereocenters. The number of ether oxygens (including phenoxy) is 1. The van der Waals surface area contributed by atoms with Gasteiger partial charge in [0.2, 0.25) is 0 Å². The Morgan fingerprint density at radius 3 is 2.94 bits per heavy atom. The van der Waals surface area contributed by atoms with Crippen LogP contribution in [0.4, 0.5) is 0 Å². The van der Waals surface area contributed by atoms with Gasteiger partial charge in [0.25, 0.3) is 0 Å². The number of nitrogens with zero attached hydrogens (tertiary/aromatic N) is 1. The summed E-state index contributed by atoms with van der Waals surface area (Å²) in [5.74, 6) is 1.07. The van der Waals surface area contributed by atoms with E-state index in [0.29, 0.717) is 6.10 Å². The lowest BCUT2D eigenvalue weighted by molar-refractivity contribution is 0.0465. The smallest absolute Gasteiger partial charge is 0.123 e. The highest BCUT2D eigenvalue weighted by Gasteiger charge is 2.37. The van der Waals surface area contributed by atoms with Gasteiger partial charge in [-0.3, -0.25) is 4.90 Å². The SMILES string of the molecule is Cc1ccc2c(c1)CC(CN1CC(C)(N)C1)O2. The third-order valence-electron chi connectivity index (χ3n) is 3.59. The van der Waals surface area contributed by atoms with Crippen LogP contribution in [-0.4, -0.2) is 36.2 Å². The number of fused-ring (bicyclic) bond motifs is 1. The second kappa shape index (κ2) is 3.72. The Morgan fingerprint density at radius 2 is 2.24 bits per heavy atom. The summed E-state index contributed by atoms with van der Waals surface area (Å²) in [7, 11) is 0. The molecular formula is C14H20N2O. The van der Waals surface area contributed by atoms with E-state index in [0.717, 1.165) is 31.8 Å². The highest BCUT2D eigenvalue weighted by Crippen LogP contribution is 2.30. The van der Waals surface area contributed by atoms with E-state index in [-0.39, 0.29) is 5.54 Å². The molecule has 2 aliphatic heterocycles. The first kappa shape index (κ1) is 11.1. The van der Waals surface area contributed by atoms with E-state index < -0.39 is 0 Å². The fourth-order valence-electron chi connectivity index (χ4n) is 2.94. The maximum Gasteiger partial charge on any atom is 0.123 e. The summed E-state index contributed by atoms with van der Waals surface area (Å²) >= 11 is 0. The molecule has 3 nitrogen and oxygen atoms in total. The predicted octanol–water partition coefficient (Wildman–Crippen LogP) is 1.33. The average Bonchev–Trinajstić information content (AvgIpc) is 2.56. The van der Waals surface area contributed by atoms with Crippen molar-refractivity contribution in [3.05, 3.63) is 29.3 Å². The van der Waals surface area contributed by atoms with Crippen molar-refractivity contribution in [3.63, 3.8) is 0 Å². The molecule has 3 heteroatoms. The van der Waals surface area contributed by atoms with Crippen LogP contribution in [0.3, 0.4) is 0 Å². The zero-order valence-electron chi connectivity index (χ0n) is 10.6. The van der Waals surface area contributed by atoms with Crippen molar-refractivity contribution < 1.29 is 4.74 Å². The maximum absolute atomic E-state index is 6.01. The molecule has 0 saturated carbocycles. The quantitative estimate of drug-likeness (QED) is 0.836. The Bertz CT molecular complexity index is 434. The van der Waals surface area contributed by atoms with Crippen molar-refractivity contribution in [3.8, 4) is 5.75 Å². The van der Waals surface area contributed by atoms with Crippen LogP contribution in [0.5, 0.6) is 5.75 Å². The van der Waals surface area contributed by atoms with Gasteiger partial charge in [-0.05, 0) is 25.5 Å². The van der Waals surface area contributed by atoms with Crippen molar-refractivity contribution in [1.82, 2.24) is 4.90 Å². The number of aryl methyl sites for hydroxylation is 1. The minimum absolute atomic E-state index is 0.0159. The van der Waals surface area contributed by atoms with Crippen LogP contribution >= 0.6 is 0 Å². The molecule has 0 spiro atoms. The zero-order valence-corrected chi connectivity index (χ0v) is 10.6. The summed E-state index contributed by atoms with van der Waals surface area (Å²) in [6.07, 6.45) is 1.34. The molecule has 1 aromatic carbocycles. The van der Waals surface area contributed by atoms with Gasteiger partial charge in [0.15, 0.2) is 0 Å². The minimum Gasteiger partial charge on any atom is -0.488 e. The first-order valence-electron chi connectivity index (χ1n) is 6.29. The second-order valence-corrected chi connectivity index (χ2v) is 5.88.